The molecule has 2 aromatic rings. The fourth-order valence-corrected chi connectivity index (χ4v) is 3.90. The zero-order chi connectivity index (χ0) is 23.1. The van der Waals surface area contributed by atoms with E-state index in [0.29, 0.717) is 33.8 Å². The summed E-state index contributed by atoms with van der Waals surface area (Å²) in [5.41, 5.74) is 0.757. The van der Waals surface area contributed by atoms with Gasteiger partial charge in [-0.1, -0.05) is 24.6 Å². The Morgan fingerprint density at radius 1 is 1.06 bits per heavy atom. The quantitative estimate of drug-likeness (QED) is 0.391. The maximum Gasteiger partial charge on any atom is 0.293 e. The molecule has 0 spiro atoms. The van der Waals surface area contributed by atoms with Gasteiger partial charge in [0, 0.05) is 5.02 Å². The van der Waals surface area contributed by atoms with E-state index in [-0.39, 0.29) is 30.4 Å². The van der Waals surface area contributed by atoms with Gasteiger partial charge in [0.25, 0.3) is 11.1 Å². The number of thioether (sulfide) groups is 1. The van der Waals surface area contributed by atoms with Crippen molar-refractivity contribution in [1.29, 1.82) is 0 Å². The van der Waals surface area contributed by atoms with E-state index in [0.717, 1.165) is 23.7 Å². The maximum absolute atomic E-state index is 12.8. The molecule has 0 N–H and O–H groups in total. The van der Waals surface area contributed by atoms with E-state index >= 15 is 0 Å². The summed E-state index contributed by atoms with van der Waals surface area (Å²) in [5, 5.41) is 0.295. The normalized spacial score (nSPS) is 15.9. The van der Waals surface area contributed by atoms with E-state index in [1.54, 1.807) is 30.3 Å². The highest BCUT2D eigenvalue weighted by Crippen LogP contribution is 2.35. The summed E-state index contributed by atoms with van der Waals surface area (Å²) < 4.78 is 17.2. The molecule has 0 aliphatic carbocycles. The zero-order valence-corrected chi connectivity index (χ0v) is 19.9. The highest BCUT2D eigenvalue weighted by Gasteiger charge is 2.34. The van der Waals surface area contributed by atoms with Gasteiger partial charge in [0.2, 0.25) is 0 Å². The van der Waals surface area contributed by atoms with E-state index in [1.165, 1.54) is 4.90 Å². The number of carbonyl (C=O) groups excluding carboxylic acids is 2. The van der Waals surface area contributed by atoms with Crippen molar-refractivity contribution >= 4 is 40.6 Å². The maximum atomic E-state index is 12.8. The van der Waals surface area contributed by atoms with Crippen molar-refractivity contribution in [3.63, 3.8) is 0 Å². The van der Waals surface area contributed by atoms with Gasteiger partial charge in [0.05, 0.1) is 24.2 Å². The second-order valence-corrected chi connectivity index (χ2v) is 8.54. The second kappa shape index (κ2) is 11.3. The van der Waals surface area contributed by atoms with Gasteiger partial charge in [-0.15, -0.1) is 0 Å². The minimum atomic E-state index is -0.336. The molecule has 0 radical (unpaired) electrons. The first-order valence-electron chi connectivity index (χ1n) is 10.5. The fraction of sp³-hybridized carbons (Fsp3) is 0.333. The molecule has 1 aliphatic heterocycles. The van der Waals surface area contributed by atoms with Gasteiger partial charge in [-0.05, 0) is 80.1 Å². The van der Waals surface area contributed by atoms with Crippen molar-refractivity contribution in [2.75, 3.05) is 19.8 Å². The van der Waals surface area contributed by atoms with Crippen molar-refractivity contribution in [3.8, 4) is 17.2 Å². The van der Waals surface area contributed by atoms with Crippen LogP contribution < -0.4 is 14.2 Å². The minimum absolute atomic E-state index is 0.0617. The monoisotopic (exact) mass is 475 g/mol. The molecule has 3 rings (SSSR count). The highest BCUT2D eigenvalue weighted by molar-refractivity contribution is 8.18. The van der Waals surface area contributed by atoms with E-state index < -0.39 is 0 Å². The molecule has 2 aromatic carbocycles. The average molecular weight is 476 g/mol. The predicted molar refractivity (Wildman–Crippen MR) is 128 cm³/mol. The molecule has 1 saturated heterocycles. The summed E-state index contributed by atoms with van der Waals surface area (Å²) >= 11 is 6.77. The molecule has 32 heavy (non-hydrogen) atoms. The number of hydrogen-bond donors (Lipinski definition) is 0. The van der Waals surface area contributed by atoms with Crippen LogP contribution in [-0.4, -0.2) is 41.9 Å². The summed E-state index contributed by atoms with van der Waals surface area (Å²) in [4.78, 5) is 26.7. The van der Waals surface area contributed by atoms with Crippen molar-refractivity contribution in [1.82, 2.24) is 4.90 Å². The molecule has 1 unspecified atom stereocenters. The third kappa shape index (κ3) is 6.20. The lowest BCUT2D eigenvalue weighted by molar-refractivity contribution is -0.123. The largest absolute Gasteiger partial charge is 0.492 e. The van der Waals surface area contributed by atoms with Crippen LogP contribution in [0.1, 0.15) is 32.8 Å². The first kappa shape index (κ1) is 24.0. The highest BCUT2D eigenvalue weighted by atomic mass is 35.5. The van der Waals surface area contributed by atoms with Crippen LogP contribution in [0.3, 0.4) is 0 Å². The minimum Gasteiger partial charge on any atom is -0.492 e. The summed E-state index contributed by atoms with van der Waals surface area (Å²) in [6, 6.07) is 12.4. The number of hydrogen-bond acceptors (Lipinski definition) is 6. The molecule has 170 valence electrons. The standard InChI is InChI=1S/C24H26ClNO5S/c1-4-16(3)31-20-11-6-17(14-21(20)29-5-2)15-22-23(27)26(24(28)32-22)12-13-30-19-9-7-18(25)8-10-19/h6-11,14-16H,4-5,12-13H2,1-3H3/b22-15-. The van der Waals surface area contributed by atoms with Crippen LogP contribution in [0.5, 0.6) is 17.2 Å². The van der Waals surface area contributed by atoms with Gasteiger partial charge in [0.1, 0.15) is 12.4 Å². The number of carbonyl (C=O) groups is 2. The van der Waals surface area contributed by atoms with Crippen molar-refractivity contribution in [2.45, 2.75) is 33.3 Å². The summed E-state index contributed by atoms with van der Waals surface area (Å²) in [6.45, 7) is 6.80. The Morgan fingerprint density at radius 2 is 1.81 bits per heavy atom. The smallest absolute Gasteiger partial charge is 0.293 e. The number of amides is 2. The fourth-order valence-electron chi connectivity index (χ4n) is 2.91. The molecule has 6 nitrogen and oxygen atoms in total. The lowest BCUT2D eigenvalue weighted by Gasteiger charge is -2.16. The number of benzene rings is 2. The Morgan fingerprint density at radius 3 is 2.50 bits per heavy atom. The molecule has 0 saturated carbocycles. The van der Waals surface area contributed by atoms with E-state index in [4.69, 9.17) is 25.8 Å². The topological polar surface area (TPSA) is 65.1 Å². The van der Waals surface area contributed by atoms with Crippen LogP contribution >= 0.6 is 23.4 Å². The molecule has 2 amide bonds. The van der Waals surface area contributed by atoms with E-state index in [9.17, 15) is 9.59 Å². The third-order valence-corrected chi connectivity index (χ3v) is 5.90. The second-order valence-electron chi connectivity index (χ2n) is 7.11. The van der Waals surface area contributed by atoms with Gasteiger partial charge < -0.3 is 14.2 Å². The van der Waals surface area contributed by atoms with E-state index in [1.807, 2.05) is 32.0 Å². The van der Waals surface area contributed by atoms with Gasteiger partial charge >= 0.3 is 0 Å². The van der Waals surface area contributed by atoms with Crippen LogP contribution in [0, 0.1) is 0 Å². The molecule has 0 aromatic heterocycles. The summed E-state index contributed by atoms with van der Waals surface area (Å²) in [7, 11) is 0. The van der Waals surface area contributed by atoms with Crippen LogP contribution in [0.4, 0.5) is 4.79 Å². The van der Waals surface area contributed by atoms with Crippen LogP contribution in [0.15, 0.2) is 47.4 Å². The Kier molecular flexibility index (Phi) is 8.47. The molecule has 1 atom stereocenters. The van der Waals surface area contributed by atoms with Gasteiger partial charge in [-0.3, -0.25) is 14.5 Å². The predicted octanol–water partition coefficient (Wildman–Crippen LogP) is 6.03. The summed E-state index contributed by atoms with van der Waals surface area (Å²) in [6.07, 6.45) is 2.63. The molecule has 1 heterocycles. The van der Waals surface area contributed by atoms with Crippen LogP contribution in [0.25, 0.3) is 6.08 Å². The Hall–Kier alpha value is -2.64. The number of nitrogens with zero attached hydrogens (tertiary/aromatic N) is 1. The summed E-state index contributed by atoms with van der Waals surface area (Å²) in [5.74, 6) is 1.56. The zero-order valence-electron chi connectivity index (χ0n) is 18.3. The molecule has 1 aliphatic rings. The Labute approximate surface area is 197 Å². The van der Waals surface area contributed by atoms with Crippen LogP contribution in [-0.2, 0) is 4.79 Å². The van der Waals surface area contributed by atoms with Gasteiger partial charge in [0.15, 0.2) is 11.5 Å². The number of imide groups is 1. The van der Waals surface area contributed by atoms with Crippen molar-refractivity contribution in [2.24, 2.45) is 0 Å². The first-order valence-corrected chi connectivity index (χ1v) is 11.7. The van der Waals surface area contributed by atoms with Gasteiger partial charge in [-0.25, -0.2) is 0 Å². The number of halogens is 1. The molecule has 0 bridgehead atoms. The van der Waals surface area contributed by atoms with Crippen molar-refractivity contribution < 1.29 is 23.8 Å². The third-order valence-electron chi connectivity index (χ3n) is 4.74. The number of rotatable bonds is 10. The molecule has 1 fully saturated rings. The Balaban J connectivity index is 1.67. The van der Waals surface area contributed by atoms with E-state index in [2.05, 4.69) is 6.92 Å². The molecular formula is C24H26ClNO5S. The lowest BCUT2D eigenvalue weighted by Crippen LogP contribution is -2.32. The van der Waals surface area contributed by atoms with Gasteiger partial charge in [-0.2, -0.15) is 0 Å². The lowest BCUT2D eigenvalue weighted by atomic mass is 10.1. The Bertz CT molecular complexity index is 992. The molecule has 8 heteroatoms. The van der Waals surface area contributed by atoms with Crippen LogP contribution in [0.2, 0.25) is 5.02 Å². The molecular weight excluding hydrogens is 450 g/mol. The first-order chi connectivity index (χ1) is 15.4. The average Bonchev–Trinajstić information content (AvgIpc) is 3.04. The SMILES string of the molecule is CCOc1cc(/C=C2\SC(=O)N(CCOc3ccc(Cl)cc3)C2=O)ccc1OC(C)CC. The van der Waals surface area contributed by atoms with Crippen molar-refractivity contribution in [3.05, 3.63) is 58.0 Å². The number of ether oxygens (including phenoxy) is 3.